The Balaban J connectivity index is 1.78. The van der Waals surface area contributed by atoms with Crippen LogP contribution in [0.2, 0.25) is 0 Å². The molecule has 0 aliphatic heterocycles. The van der Waals surface area contributed by atoms with Crippen LogP contribution < -0.4 is 14.8 Å². The van der Waals surface area contributed by atoms with E-state index in [2.05, 4.69) is 36.2 Å². The van der Waals surface area contributed by atoms with Gasteiger partial charge in [0.25, 0.3) is 0 Å². The standard InChI is InChI=1S/C23H38N2O3/c1-4-25(5-2)17-21(26)18-28-22-12-11-20(15-23(22)27-3)16-24-14-13-19-9-7-6-8-10-19/h9,11-12,15,21,24,26H,4-8,10,13-14,16-18H2,1-3H3/t21-/m1/s1. The fourth-order valence-electron chi connectivity index (χ4n) is 3.57. The monoisotopic (exact) mass is 390 g/mol. The molecule has 158 valence electrons. The van der Waals surface area contributed by atoms with Crippen LogP contribution >= 0.6 is 0 Å². The molecule has 2 N–H and O–H groups in total. The highest BCUT2D eigenvalue weighted by atomic mass is 16.5. The molecule has 28 heavy (non-hydrogen) atoms. The van der Waals surface area contributed by atoms with E-state index in [0.717, 1.165) is 32.6 Å². The molecule has 0 saturated carbocycles. The first kappa shape index (κ1) is 22.7. The molecular weight excluding hydrogens is 352 g/mol. The maximum atomic E-state index is 10.2. The van der Waals surface area contributed by atoms with Crippen molar-refractivity contribution < 1.29 is 14.6 Å². The average molecular weight is 391 g/mol. The normalized spacial score (nSPS) is 15.4. The first-order valence-corrected chi connectivity index (χ1v) is 10.7. The van der Waals surface area contributed by atoms with Crippen LogP contribution in [0.1, 0.15) is 51.5 Å². The third-order valence-corrected chi connectivity index (χ3v) is 5.36. The summed E-state index contributed by atoms with van der Waals surface area (Å²) in [6, 6.07) is 6.00. The SMILES string of the molecule is CCN(CC)C[C@@H](O)COc1ccc(CNCCC2=CCCCC2)cc1OC. The molecule has 1 atom stereocenters. The predicted molar refractivity (Wildman–Crippen MR) is 115 cm³/mol. The van der Waals surface area contributed by atoms with Crippen LogP contribution in [0.5, 0.6) is 11.5 Å². The first-order valence-electron chi connectivity index (χ1n) is 10.7. The smallest absolute Gasteiger partial charge is 0.161 e. The largest absolute Gasteiger partial charge is 0.493 e. The molecule has 0 aromatic heterocycles. The van der Waals surface area contributed by atoms with Gasteiger partial charge in [-0.3, -0.25) is 0 Å². The van der Waals surface area contributed by atoms with Gasteiger partial charge in [0.05, 0.1) is 7.11 Å². The Morgan fingerprint density at radius 2 is 2.00 bits per heavy atom. The molecule has 1 aliphatic rings. The Morgan fingerprint density at radius 3 is 2.68 bits per heavy atom. The third-order valence-electron chi connectivity index (χ3n) is 5.36. The second-order valence-electron chi connectivity index (χ2n) is 7.47. The zero-order chi connectivity index (χ0) is 20.2. The van der Waals surface area contributed by atoms with Gasteiger partial charge in [0.1, 0.15) is 12.7 Å². The molecule has 2 rings (SSSR count). The van der Waals surface area contributed by atoms with Crippen molar-refractivity contribution in [2.75, 3.05) is 39.9 Å². The number of allylic oxidation sites excluding steroid dienone is 1. The number of hydrogen-bond acceptors (Lipinski definition) is 5. The summed E-state index contributed by atoms with van der Waals surface area (Å²) in [6.07, 6.45) is 8.24. The zero-order valence-corrected chi connectivity index (χ0v) is 17.9. The number of rotatable bonds is 13. The van der Waals surface area contributed by atoms with E-state index >= 15 is 0 Å². The lowest BCUT2D eigenvalue weighted by molar-refractivity contribution is 0.0705. The molecule has 1 aromatic carbocycles. The van der Waals surface area contributed by atoms with Crippen LogP contribution in [0, 0.1) is 0 Å². The van der Waals surface area contributed by atoms with Gasteiger partial charge in [-0.2, -0.15) is 0 Å². The van der Waals surface area contributed by atoms with E-state index in [-0.39, 0.29) is 6.61 Å². The first-order chi connectivity index (χ1) is 13.7. The third kappa shape index (κ3) is 7.82. The van der Waals surface area contributed by atoms with Gasteiger partial charge in [0, 0.05) is 13.1 Å². The number of benzene rings is 1. The van der Waals surface area contributed by atoms with Crippen LogP contribution in [0.15, 0.2) is 29.8 Å². The predicted octanol–water partition coefficient (Wildman–Crippen LogP) is 3.76. The summed E-state index contributed by atoms with van der Waals surface area (Å²) in [5, 5.41) is 13.7. The second-order valence-corrected chi connectivity index (χ2v) is 7.47. The van der Waals surface area contributed by atoms with Gasteiger partial charge in [0.2, 0.25) is 0 Å². The topological polar surface area (TPSA) is 54.0 Å². The Morgan fingerprint density at radius 1 is 1.18 bits per heavy atom. The summed E-state index contributed by atoms with van der Waals surface area (Å²) < 4.78 is 11.3. The van der Waals surface area contributed by atoms with Gasteiger partial charge < -0.3 is 24.8 Å². The summed E-state index contributed by atoms with van der Waals surface area (Å²) in [4.78, 5) is 2.18. The van der Waals surface area contributed by atoms with E-state index in [9.17, 15) is 5.11 Å². The van der Waals surface area contributed by atoms with Crippen molar-refractivity contribution >= 4 is 0 Å². The second kappa shape index (κ2) is 12.8. The van der Waals surface area contributed by atoms with E-state index in [4.69, 9.17) is 9.47 Å². The van der Waals surface area contributed by atoms with Crippen LogP contribution in [-0.4, -0.2) is 56.0 Å². The molecule has 0 saturated heterocycles. The van der Waals surface area contributed by atoms with E-state index in [1.54, 1.807) is 12.7 Å². The van der Waals surface area contributed by atoms with Crippen molar-refractivity contribution in [3.8, 4) is 11.5 Å². The minimum Gasteiger partial charge on any atom is -0.493 e. The van der Waals surface area contributed by atoms with E-state index in [1.807, 2.05) is 12.1 Å². The average Bonchev–Trinajstić information content (AvgIpc) is 2.74. The molecule has 0 fully saturated rings. The molecule has 0 spiro atoms. The fourth-order valence-corrected chi connectivity index (χ4v) is 3.57. The fraction of sp³-hybridized carbons (Fsp3) is 0.652. The Bertz CT molecular complexity index is 600. The number of hydrogen-bond donors (Lipinski definition) is 2. The lowest BCUT2D eigenvalue weighted by atomic mass is 9.97. The van der Waals surface area contributed by atoms with Crippen molar-refractivity contribution in [3.63, 3.8) is 0 Å². The molecule has 0 unspecified atom stereocenters. The molecule has 0 radical (unpaired) electrons. The highest BCUT2D eigenvalue weighted by Crippen LogP contribution is 2.28. The summed E-state index contributed by atoms with van der Waals surface area (Å²) in [5.74, 6) is 1.39. The van der Waals surface area contributed by atoms with E-state index < -0.39 is 6.10 Å². The molecule has 0 bridgehead atoms. The van der Waals surface area contributed by atoms with Crippen LogP contribution in [0.25, 0.3) is 0 Å². The van der Waals surface area contributed by atoms with Gasteiger partial charge in [-0.25, -0.2) is 0 Å². The van der Waals surface area contributed by atoms with E-state index in [1.165, 1.54) is 31.2 Å². The zero-order valence-electron chi connectivity index (χ0n) is 17.9. The minimum atomic E-state index is -0.514. The van der Waals surface area contributed by atoms with Crippen LogP contribution in [0.4, 0.5) is 0 Å². The molecule has 5 heteroatoms. The minimum absolute atomic E-state index is 0.263. The number of aliphatic hydroxyl groups excluding tert-OH is 1. The molecular formula is C23H38N2O3. The van der Waals surface area contributed by atoms with Gasteiger partial charge in [0.15, 0.2) is 11.5 Å². The lowest BCUT2D eigenvalue weighted by Gasteiger charge is -2.22. The maximum absolute atomic E-state index is 10.2. The molecule has 0 amide bonds. The molecule has 5 nitrogen and oxygen atoms in total. The van der Waals surface area contributed by atoms with Gasteiger partial charge >= 0.3 is 0 Å². The molecule has 1 aliphatic carbocycles. The number of ether oxygens (including phenoxy) is 2. The van der Waals surface area contributed by atoms with Crippen LogP contribution in [0.3, 0.4) is 0 Å². The van der Waals surface area contributed by atoms with Crippen molar-refractivity contribution in [2.24, 2.45) is 0 Å². The summed E-state index contributed by atoms with van der Waals surface area (Å²) in [7, 11) is 1.65. The quantitative estimate of drug-likeness (QED) is 0.397. The summed E-state index contributed by atoms with van der Waals surface area (Å²) in [5.41, 5.74) is 2.77. The van der Waals surface area contributed by atoms with Gasteiger partial charge in [-0.05, 0) is 69.4 Å². The Kier molecular flexibility index (Phi) is 10.4. The van der Waals surface area contributed by atoms with Gasteiger partial charge in [-0.1, -0.05) is 31.6 Å². The van der Waals surface area contributed by atoms with E-state index in [0.29, 0.717) is 18.0 Å². The number of aliphatic hydroxyl groups is 1. The van der Waals surface area contributed by atoms with Gasteiger partial charge in [-0.15, -0.1) is 0 Å². The van der Waals surface area contributed by atoms with Crippen molar-refractivity contribution in [3.05, 3.63) is 35.4 Å². The van der Waals surface area contributed by atoms with Crippen molar-refractivity contribution in [1.82, 2.24) is 10.2 Å². The maximum Gasteiger partial charge on any atom is 0.161 e. The molecule has 0 heterocycles. The van der Waals surface area contributed by atoms with Crippen molar-refractivity contribution in [2.45, 2.75) is 58.6 Å². The number of likely N-dealkylation sites (N-methyl/N-ethyl adjacent to an activating group) is 1. The Hall–Kier alpha value is -1.56. The summed E-state index contributed by atoms with van der Waals surface area (Å²) >= 11 is 0. The number of methoxy groups -OCH3 is 1. The highest BCUT2D eigenvalue weighted by molar-refractivity contribution is 5.43. The molecule has 1 aromatic rings. The lowest BCUT2D eigenvalue weighted by Crippen LogP contribution is -2.35. The number of nitrogens with zero attached hydrogens (tertiary/aromatic N) is 1. The number of nitrogens with one attached hydrogen (secondary N) is 1. The van der Waals surface area contributed by atoms with Crippen molar-refractivity contribution in [1.29, 1.82) is 0 Å². The highest BCUT2D eigenvalue weighted by Gasteiger charge is 2.12. The summed E-state index contributed by atoms with van der Waals surface area (Å²) in [6.45, 7) is 8.75. The van der Waals surface area contributed by atoms with Crippen LogP contribution in [-0.2, 0) is 6.54 Å². The Labute approximate surface area is 170 Å².